The number of aromatic nitrogens is 2. The smallest absolute Gasteiger partial charge is 0.272 e. The lowest BCUT2D eigenvalue weighted by Gasteiger charge is -2.36. The first-order chi connectivity index (χ1) is 16.3. The van der Waals surface area contributed by atoms with Crippen molar-refractivity contribution in [1.82, 2.24) is 20.6 Å². The number of halogens is 2. The van der Waals surface area contributed by atoms with Crippen LogP contribution >= 0.6 is 11.6 Å². The van der Waals surface area contributed by atoms with Gasteiger partial charge in [-0.25, -0.2) is 9.37 Å². The van der Waals surface area contributed by atoms with Crippen molar-refractivity contribution in [3.05, 3.63) is 46.3 Å². The molecule has 3 fully saturated rings. The van der Waals surface area contributed by atoms with E-state index in [-0.39, 0.29) is 46.2 Å². The molecule has 0 bridgehead atoms. The lowest BCUT2D eigenvalue weighted by atomic mass is 9.71. The van der Waals surface area contributed by atoms with Gasteiger partial charge in [-0.1, -0.05) is 11.6 Å². The van der Waals surface area contributed by atoms with Crippen molar-refractivity contribution in [2.75, 3.05) is 11.4 Å². The van der Waals surface area contributed by atoms with Crippen LogP contribution in [0.25, 0.3) is 0 Å². The first-order valence-corrected chi connectivity index (χ1v) is 12.1. The summed E-state index contributed by atoms with van der Waals surface area (Å²) in [7, 11) is 0. The highest BCUT2D eigenvalue weighted by Crippen LogP contribution is 2.47. The van der Waals surface area contributed by atoms with Crippen LogP contribution in [0.2, 0.25) is 5.02 Å². The van der Waals surface area contributed by atoms with Crippen LogP contribution in [-0.4, -0.2) is 46.3 Å². The Morgan fingerprint density at radius 3 is 2.50 bits per heavy atom. The van der Waals surface area contributed by atoms with Gasteiger partial charge in [-0.2, -0.15) is 0 Å². The highest BCUT2D eigenvalue weighted by molar-refractivity contribution is 6.34. The number of amides is 3. The van der Waals surface area contributed by atoms with E-state index in [4.69, 9.17) is 11.6 Å². The summed E-state index contributed by atoms with van der Waals surface area (Å²) in [5.41, 5.74) is 0.765. The molecule has 10 heteroatoms. The summed E-state index contributed by atoms with van der Waals surface area (Å²) in [4.78, 5) is 47.0. The number of nitrogens with one attached hydrogen (secondary N) is 3. The highest BCUT2D eigenvalue weighted by Gasteiger charge is 2.49. The van der Waals surface area contributed by atoms with Gasteiger partial charge in [-0.05, 0) is 69.6 Å². The lowest BCUT2D eigenvalue weighted by Crippen LogP contribution is -2.44. The van der Waals surface area contributed by atoms with Crippen molar-refractivity contribution >= 4 is 35.0 Å². The number of aryl methyl sites for hydroxylation is 1. The minimum atomic E-state index is -0.490. The van der Waals surface area contributed by atoms with Crippen molar-refractivity contribution in [2.45, 2.75) is 64.0 Å². The molecule has 5 rings (SSSR count). The average Bonchev–Trinajstić information content (AvgIpc) is 3.38. The van der Waals surface area contributed by atoms with Gasteiger partial charge in [0.15, 0.2) is 5.69 Å². The lowest BCUT2D eigenvalue weighted by molar-refractivity contribution is -0.127. The Kier molecular flexibility index (Phi) is 5.83. The summed E-state index contributed by atoms with van der Waals surface area (Å²) >= 11 is 6.25. The number of carbonyl (C=O) groups is 3. The second-order valence-corrected chi connectivity index (χ2v) is 10.1. The Hall–Kier alpha value is -2.94. The Morgan fingerprint density at radius 2 is 1.79 bits per heavy atom. The minimum absolute atomic E-state index is 0.0118. The predicted molar refractivity (Wildman–Crippen MR) is 124 cm³/mol. The van der Waals surface area contributed by atoms with E-state index in [1.807, 2.05) is 0 Å². The molecule has 3 N–H and O–H groups in total. The van der Waals surface area contributed by atoms with Gasteiger partial charge in [0.25, 0.3) is 11.8 Å². The third-order valence-corrected chi connectivity index (χ3v) is 7.61. The predicted octanol–water partition coefficient (Wildman–Crippen LogP) is 3.50. The van der Waals surface area contributed by atoms with Gasteiger partial charge in [-0.3, -0.25) is 14.4 Å². The fraction of sp³-hybridized carbons (Fsp3) is 0.500. The Labute approximate surface area is 201 Å². The Bertz CT molecular complexity index is 1150. The number of nitrogens with zero attached hydrogens (tertiary/aromatic N) is 2. The summed E-state index contributed by atoms with van der Waals surface area (Å²) in [5.74, 6) is -1.09. The van der Waals surface area contributed by atoms with Crippen LogP contribution in [0.15, 0.2) is 18.5 Å². The molecule has 2 saturated carbocycles. The maximum Gasteiger partial charge on any atom is 0.272 e. The van der Waals surface area contributed by atoms with E-state index in [9.17, 15) is 18.8 Å². The zero-order valence-electron chi connectivity index (χ0n) is 18.9. The maximum absolute atomic E-state index is 13.8. The summed E-state index contributed by atoms with van der Waals surface area (Å²) in [6.07, 6.45) is 6.53. The molecule has 0 radical (unpaired) electrons. The van der Waals surface area contributed by atoms with Gasteiger partial charge in [-0.15, -0.1) is 0 Å². The number of hydrogen-bond donors (Lipinski definition) is 3. The third-order valence-electron chi connectivity index (χ3n) is 7.30. The van der Waals surface area contributed by atoms with Gasteiger partial charge < -0.3 is 20.5 Å². The van der Waals surface area contributed by atoms with Crippen LogP contribution in [0.5, 0.6) is 0 Å². The summed E-state index contributed by atoms with van der Waals surface area (Å²) < 4.78 is 13.8. The second-order valence-electron chi connectivity index (χ2n) is 9.66. The molecular formula is C24H27ClFN5O3. The highest BCUT2D eigenvalue weighted by atomic mass is 35.5. The van der Waals surface area contributed by atoms with E-state index < -0.39 is 11.2 Å². The number of imidazole rings is 1. The van der Waals surface area contributed by atoms with E-state index in [1.54, 1.807) is 17.9 Å². The number of carbonyl (C=O) groups excluding carboxylic acids is 3. The molecule has 0 unspecified atom stereocenters. The van der Waals surface area contributed by atoms with Crippen molar-refractivity contribution in [2.24, 2.45) is 5.41 Å². The zero-order chi connectivity index (χ0) is 24.0. The topological polar surface area (TPSA) is 107 Å². The van der Waals surface area contributed by atoms with E-state index in [0.29, 0.717) is 49.9 Å². The van der Waals surface area contributed by atoms with Gasteiger partial charge in [0.05, 0.1) is 22.5 Å². The van der Waals surface area contributed by atoms with Crippen molar-refractivity contribution in [1.29, 1.82) is 0 Å². The van der Waals surface area contributed by atoms with E-state index in [2.05, 4.69) is 20.6 Å². The standard InChI is InChI=1S/C24H27ClFN5O3/c1-13-10-18(16(25)11-17(13)26)31-9-8-24(23(31)34)6-4-15(5-7-24)30-22(33)20-19(27-12-28-20)21(32)29-14-2-3-14/h10-12,14-15H,2-9H2,1H3,(H,27,28)(H,29,32)(H,30,33)/t15-,24-. The Balaban J connectivity index is 1.21. The van der Waals surface area contributed by atoms with E-state index in [0.717, 1.165) is 12.8 Å². The molecule has 1 spiro atoms. The average molecular weight is 488 g/mol. The van der Waals surface area contributed by atoms with Crippen LogP contribution < -0.4 is 15.5 Å². The van der Waals surface area contributed by atoms with Gasteiger partial charge >= 0.3 is 0 Å². The molecule has 1 saturated heterocycles. The molecule has 2 aromatic rings. The summed E-state index contributed by atoms with van der Waals surface area (Å²) in [6, 6.07) is 2.96. The molecule has 180 valence electrons. The molecule has 2 heterocycles. The van der Waals surface area contributed by atoms with Crippen LogP contribution in [0.4, 0.5) is 10.1 Å². The van der Waals surface area contributed by atoms with Crippen LogP contribution in [-0.2, 0) is 4.79 Å². The molecule has 3 aliphatic rings. The first kappa shape index (κ1) is 22.8. The first-order valence-electron chi connectivity index (χ1n) is 11.7. The normalized spacial score (nSPS) is 24.5. The minimum Gasteiger partial charge on any atom is -0.348 e. The molecule has 34 heavy (non-hydrogen) atoms. The molecule has 2 aliphatic carbocycles. The molecular weight excluding hydrogens is 461 g/mol. The third kappa shape index (κ3) is 4.17. The molecule has 1 aromatic heterocycles. The number of hydrogen-bond acceptors (Lipinski definition) is 4. The molecule has 1 aliphatic heterocycles. The summed E-state index contributed by atoms with van der Waals surface area (Å²) in [5, 5.41) is 6.07. The quantitative estimate of drug-likeness (QED) is 0.600. The molecule has 1 aromatic carbocycles. The van der Waals surface area contributed by atoms with Crippen LogP contribution in [0, 0.1) is 18.2 Å². The largest absolute Gasteiger partial charge is 0.348 e. The SMILES string of the molecule is Cc1cc(N2CC[C@]3(CC[C@@H](NC(=O)c4[nH]cnc4C(=O)NC4CC4)CC3)C2=O)c(Cl)cc1F. The van der Waals surface area contributed by atoms with Gasteiger partial charge in [0.1, 0.15) is 11.5 Å². The van der Waals surface area contributed by atoms with E-state index in [1.165, 1.54) is 12.4 Å². The number of H-pyrrole nitrogens is 1. The monoisotopic (exact) mass is 487 g/mol. The Morgan fingerprint density at radius 1 is 1.12 bits per heavy atom. The van der Waals surface area contributed by atoms with Crippen LogP contribution in [0.1, 0.15) is 71.5 Å². The van der Waals surface area contributed by atoms with Gasteiger partial charge in [0.2, 0.25) is 5.91 Å². The van der Waals surface area contributed by atoms with Crippen molar-refractivity contribution in [3.63, 3.8) is 0 Å². The van der Waals surface area contributed by atoms with Gasteiger partial charge in [0, 0.05) is 18.6 Å². The number of aromatic amines is 1. The van der Waals surface area contributed by atoms with Crippen molar-refractivity contribution in [3.8, 4) is 0 Å². The summed E-state index contributed by atoms with van der Waals surface area (Å²) in [6.45, 7) is 2.19. The fourth-order valence-corrected chi connectivity index (χ4v) is 5.31. The number of anilines is 1. The maximum atomic E-state index is 13.8. The molecule has 3 amide bonds. The second kappa shape index (κ2) is 8.69. The zero-order valence-corrected chi connectivity index (χ0v) is 19.7. The number of rotatable bonds is 5. The van der Waals surface area contributed by atoms with E-state index >= 15 is 0 Å². The molecule has 8 nitrogen and oxygen atoms in total. The number of benzene rings is 1. The molecule has 0 atom stereocenters. The van der Waals surface area contributed by atoms with Crippen LogP contribution in [0.3, 0.4) is 0 Å². The fourth-order valence-electron chi connectivity index (χ4n) is 5.06. The van der Waals surface area contributed by atoms with Crippen molar-refractivity contribution < 1.29 is 18.8 Å².